The summed E-state index contributed by atoms with van der Waals surface area (Å²) in [5, 5.41) is 31.6. The molecule has 12 nitrogen and oxygen atoms in total. The highest BCUT2D eigenvalue weighted by atomic mass is 16.7. The van der Waals surface area contributed by atoms with Gasteiger partial charge in [0.05, 0.1) is 6.61 Å². The van der Waals surface area contributed by atoms with Crippen LogP contribution in [0.1, 0.15) is 213 Å². The van der Waals surface area contributed by atoms with E-state index in [0.29, 0.717) is 25.7 Å². The molecule has 12 heteroatoms. The average molecular weight is 1150 g/mol. The van der Waals surface area contributed by atoms with E-state index in [4.69, 9.17) is 23.7 Å². The van der Waals surface area contributed by atoms with E-state index in [1.165, 1.54) is 0 Å². The minimum atomic E-state index is -1.94. The molecule has 6 atom stereocenters. The van der Waals surface area contributed by atoms with Crippen LogP contribution in [0.3, 0.4) is 0 Å². The lowest BCUT2D eigenvalue weighted by Crippen LogP contribution is -2.61. The number of aliphatic hydroxyl groups excluding tert-OH is 2. The van der Waals surface area contributed by atoms with E-state index >= 15 is 0 Å². The number of hydrogen-bond donors (Lipinski definition) is 3. The first-order valence-electron chi connectivity index (χ1n) is 31.5. The fraction of sp³-hybridized carbons (Fsp3) is 0.577. The third-order valence-electron chi connectivity index (χ3n) is 13.1. The van der Waals surface area contributed by atoms with Gasteiger partial charge >= 0.3 is 23.9 Å². The molecule has 464 valence electrons. The Morgan fingerprint density at radius 2 is 0.735 bits per heavy atom. The molecule has 0 amide bonds. The fourth-order valence-electron chi connectivity index (χ4n) is 8.38. The quantitative estimate of drug-likeness (QED) is 0.0228. The number of ether oxygens (including phenoxy) is 5. The smallest absolute Gasteiger partial charge is 0.335 e. The molecule has 1 heterocycles. The van der Waals surface area contributed by atoms with Crippen molar-refractivity contribution in [3.05, 3.63) is 158 Å². The Labute approximate surface area is 501 Å². The molecule has 6 unspecified atom stereocenters. The zero-order chi connectivity index (χ0) is 60.3. The summed E-state index contributed by atoms with van der Waals surface area (Å²) in [5.74, 6) is -3.28. The Bertz CT molecular complexity index is 2050. The highest BCUT2D eigenvalue weighted by Crippen LogP contribution is 2.26. The number of hydrogen-bond acceptors (Lipinski definition) is 11. The number of carbonyl (C=O) groups excluding carboxylic acids is 3. The molecule has 1 fully saturated rings. The summed E-state index contributed by atoms with van der Waals surface area (Å²) in [6, 6.07) is 0. The van der Waals surface area contributed by atoms with E-state index in [0.717, 1.165) is 148 Å². The second-order valence-corrected chi connectivity index (χ2v) is 20.5. The van der Waals surface area contributed by atoms with Crippen molar-refractivity contribution >= 4 is 23.9 Å². The average Bonchev–Trinajstić information content (AvgIpc) is 3.59. The number of aliphatic hydroxyl groups is 2. The van der Waals surface area contributed by atoms with Crippen LogP contribution in [0.15, 0.2) is 158 Å². The lowest BCUT2D eigenvalue weighted by molar-refractivity contribution is -0.301. The van der Waals surface area contributed by atoms with Gasteiger partial charge in [0.2, 0.25) is 0 Å². The predicted octanol–water partition coefficient (Wildman–Crippen LogP) is 16.9. The van der Waals surface area contributed by atoms with E-state index in [2.05, 4.69) is 167 Å². The van der Waals surface area contributed by atoms with Crippen molar-refractivity contribution in [2.75, 3.05) is 13.2 Å². The summed E-state index contributed by atoms with van der Waals surface area (Å²) in [7, 11) is 0. The van der Waals surface area contributed by atoms with Crippen molar-refractivity contribution in [1.29, 1.82) is 0 Å². The van der Waals surface area contributed by atoms with Crippen LogP contribution in [0.2, 0.25) is 0 Å². The zero-order valence-electron chi connectivity index (χ0n) is 51.1. The number of esters is 3. The number of carbonyl (C=O) groups is 4. The lowest BCUT2D eigenvalue weighted by atomic mass is 9.98. The number of allylic oxidation sites excluding steroid dienone is 26. The number of aliphatic carboxylic acids is 1. The van der Waals surface area contributed by atoms with Gasteiger partial charge in [0, 0.05) is 19.3 Å². The van der Waals surface area contributed by atoms with Crippen LogP contribution in [0.5, 0.6) is 0 Å². The normalized spacial score (nSPS) is 18.7. The first-order valence-corrected chi connectivity index (χ1v) is 31.5. The maximum Gasteiger partial charge on any atom is 0.335 e. The summed E-state index contributed by atoms with van der Waals surface area (Å²) in [4.78, 5) is 51.3. The Morgan fingerprint density at radius 1 is 0.398 bits per heavy atom. The fourth-order valence-corrected chi connectivity index (χ4v) is 8.38. The van der Waals surface area contributed by atoms with Gasteiger partial charge in [0.1, 0.15) is 18.8 Å². The van der Waals surface area contributed by atoms with E-state index < -0.39 is 67.3 Å². The molecule has 1 aliphatic heterocycles. The topological polar surface area (TPSA) is 175 Å². The molecule has 0 aromatic carbocycles. The van der Waals surface area contributed by atoms with Crippen LogP contribution < -0.4 is 0 Å². The summed E-state index contributed by atoms with van der Waals surface area (Å²) in [5.41, 5.74) is 0. The molecular weight excluding hydrogens is 1040 g/mol. The van der Waals surface area contributed by atoms with E-state index in [9.17, 15) is 34.5 Å². The standard InChI is InChI=1S/C71H108O12/c1-4-7-10-13-16-19-22-25-28-31-32-35-36-39-42-45-48-51-54-57-63(72)79-60-62(81-64(73)58-55-52-49-46-43-40-37-33-29-26-23-20-17-14-11-8-5-2)61-80-71-69(67(76)66(75)68(83-71)70(77)78)82-65(74)59-56-53-50-47-44-41-38-34-30-27-24-21-18-15-12-9-6-3/h7-12,16-21,25-30,32,35,38-39,41-42,47,50,62,66-69,71,75-76H,4-6,13-15,22-24,31,33-34,36-37,40,43-46,48-49,51-61H2,1-3H3,(H,77,78)/b10-7-,11-8-,12-9-,19-16-,20-17-,21-18-,28-25-,29-26-,30-27-,35-32-,41-38-,42-39-,50-47-. The monoisotopic (exact) mass is 1150 g/mol. The number of unbranched alkanes of at least 4 members (excludes halogenated alkanes) is 11. The van der Waals surface area contributed by atoms with Gasteiger partial charge in [0.15, 0.2) is 24.6 Å². The number of carboxylic acids is 1. The molecule has 0 radical (unpaired) electrons. The molecule has 0 spiro atoms. The summed E-state index contributed by atoms with van der Waals surface area (Å²) < 4.78 is 28.4. The van der Waals surface area contributed by atoms with Crippen LogP contribution in [-0.2, 0) is 42.9 Å². The molecule has 0 saturated carbocycles. The van der Waals surface area contributed by atoms with E-state index in [-0.39, 0.29) is 25.9 Å². The van der Waals surface area contributed by atoms with Gasteiger partial charge in [-0.05, 0) is 135 Å². The molecule has 1 saturated heterocycles. The van der Waals surface area contributed by atoms with E-state index in [1.54, 1.807) is 0 Å². The molecule has 1 aliphatic rings. The Hall–Kier alpha value is -5.66. The van der Waals surface area contributed by atoms with Gasteiger partial charge < -0.3 is 39.0 Å². The molecule has 1 rings (SSSR count). The SMILES string of the molecule is CC/C=C\C/C=C\C/C=C\C/C=C\C/C=C\CCCCCC(=O)OCC(COC1OC(C(=O)O)C(O)C(O)C1OC(=O)CCC/C=C\C/C=C\C/C=C\C/C=C\C/C=C\CC)OC(=O)CCCCCCCCC/C=C\C/C=C\C/C=C\CC. The minimum absolute atomic E-state index is 0.0317. The maximum absolute atomic E-state index is 13.2. The predicted molar refractivity (Wildman–Crippen MR) is 339 cm³/mol. The third-order valence-corrected chi connectivity index (χ3v) is 13.1. The lowest BCUT2D eigenvalue weighted by Gasteiger charge is -2.40. The Kier molecular flexibility index (Phi) is 51.6. The summed E-state index contributed by atoms with van der Waals surface area (Å²) in [6.45, 7) is 5.59. The summed E-state index contributed by atoms with van der Waals surface area (Å²) in [6.07, 6.45) is 70.6. The van der Waals surface area contributed by atoms with Gasteiger partial charge in [-0.15, -0.1) is 0 Å². The highest BCUT2D eigenvalue weighted by molar-refractivity contribution is 5.74. The van der Waals surface area contributed by atoms with Gasteiger partial charge in [-0.3, -0.25) is 14.4 Å². The summed E-state index contributed by atoms with van der Waals surface area (Å²) >= 11 is 0. The van der Waals surface area contributed by atoms with Crippen molar-refractivity contribution < 1.29 is 58.2 Å². The van der Waals surface area contributed by atoms with Gasteiger partial charge in [-0.1, -0.05) is 217 Å². The minimum Gasteiger partial charge on any atom is -0.479 e. The molecular formula is C71H108O12. The number of rotatable bonds is 51. The van der Waals surface area contributed by atoms with Gasteiger partial charge in [-0.2, -0.15) is 0 Å². The zero-order valence-corrected chi connectivity index (χ0v) is 51.1. The third kappa shape index (κ3) is 46.4. The van der Waals surface area contributed by atoms with Crippen LogP contribution in [0.4, 0.5) is 0 Å². The van der Waals surface area contributed by atoms with Gasteiger partial charge in [0.25, 0.3) is 0 Å². The second-order valence-electron chi connectivity index (χ2n) is 20.5. The first kappa shape index (κ1) is 75.4. The van der Waals surface area contributed by atoms with Crippen molar-refractivity contribution in [2.45, 2.75) is 250 Å². The van der Waals surface area contributed by atoms with Crippen molar-refractivity contribution in [2.24, 2.45) is 0 Å². The van der Waals surface area contributed by atoms with Crippen molar-refractivity contribution in [3.63, 3.8) is 0 Å². The molecule has 0 aromatic rings. The van der Waals surface area contributed by atoms with Crippen molar-refractivity contribution in [3.8, 4) is 0 Å². The maximum atomic E-state index is 13.2. The largest absolute Gasteiger partial charge is 0.479 e. The van der Waals surface area contributed by atoms with E-state index in [1.807, 2.05) is 12.2 Å². The van der Waals surface area contributed by atoms with Crippen molar-refractivity contribution in [1.82, 2.24) is 0 Å². The Balaban J connectivity index is 2.75. The highest BCUT2D eigenvalue weighted by Gasteiger charge is 2.50. The van der Waals surface area contributed by atoms with Crippen LogP contribution >= 0.6 is 0 Å². The molecule has 0 aromatic heterocycles. The molecule has 3 N–H and O–H groups in total. The molecule has 0 bridgehead atoms. The molecule has 83 heavy (non-hydrogen) atoms. The molecule has 0 aliphatic carbocycles. The second kappa shape index (κ2) is 56.8. The number of carboxylic acid groups (broad SMARTS) is 1. The Morgan fingerprint density at radius 3 is 1.14 bits per heavy atom. The van der Waals surface area contributed by atoms with Crippen LogP contribution in [0, 0.1) is 0 Å². The first-order chi connectivity index (χ1) is 40.6. The van der Waals surface area contributed by atoms with Crippen LogP contribution in [-0.4, -0.2) is 89.2 Å². The van der Waals surface area contributed by atoms with Gasteiger partial charge in [-0.25, -0.2) is 4.79 Å². The van der Waals surface area contributed by atoms with Crippen LogP contribution in [0.25, 0.3) is 0 Å².